The summed E-state index contributed by atoms with van der Waals surface area (Å²) in [4.78, 5) is 14.2. The number of hydrogen-bond donors (Lipinski definition) is 1. The second-order valence-electron chi connectivity index (χ2n) is 6.02. The molecule has 1 aromatic heterocycles. The van der Waals surface area contributed by atoms with Gasteiger partial charge >= 0.3 is 0 Å². The Bertz CT molecular complexity index is 505. The molecule has 1 N–H and O–H groups in total. The van der Waals surface area contributed by atoms with Crippen LogP contribution in [0.1, 0.15) is 37.7 Å². The van der Waals surface area contributed by atoms with Gasteiger partial charge < -0.3 is 10.2 Å². The number of amides is 1. The van der Waals surface area contributed by atoms with Crippen molar-refractivity contribution in [3.8, 4) is 0 Å². The van der Waals surface area contributed by atoms with Crippen molar-refractivity contribution in [3.63, 3.8) is 0 Å². The number of piperidine rings is 1. The van der Waals surface area contributed by atoms with E-state index in [9.17, 15) is 9.18 Å². The van der Waals surface area contributed by atoms with Gasteiger partial charge in [0.1, 0.15) is 6.17 Å². The van der Waals surface area contributed by atoms with Crippen molar-refractivity contribution >= 4 is 30.7 Å². The highest BCUT2D eigenvalue weighted by molar-refractivity contribution is 5.85. The smallest absolute Gasteiger partial charge is 0.239 e. The van der Waals surface area contributed by atoms with Gasteiger partial charge in [-0.3, -0.25) is 9.48 Å². The molecule has 2 saturated heterocycles. The van der Waals surface area contributed by atoms with Crippen LogP contribution in [0.3, 0.4) is 0 Å². The van der Waals surface area contributed by atoms with Gasteiger partial charge in [0.05, 0.1) is 12.2 Å². The summed E-state index contributed by atoms with van der Waals surface area (Å²) in [5, 5.41) is 7.30. The van der Waals surface area contributed by atoms with E-state index in [0.29, 0.717) is 18.9 Å². The first kappa shape index (κ1) is 20.2. The Labute approximate surface area is 148 Å². The van der Waals surface area contributed by atoms with Gasteiger partial charge in [0.25, 0.3) is 0 Å². The summed E-state index contributed by atoms with van der Waals surface area (Å²) >= 11 is 0. The van der Waals surface area contributed by atoms with Crippen molar-refractivity contribution < 1.29 is 9.18 Å². The van der Waals surface area contributed by atoms with Crippen LogP contribution in [0.2, 0.25) is 0 Å². The number of alkyl halides is 1. The first-order valence-electron chi connectivity index (χ1n) is 7.86. The molecule has 2 fully saturated rings. The maximum absolute atomic E-state index is 13.2. The maximum atomic E-state index is 13.2. The van der Waals surface area contributed by atoms with Crippen molar-refractivity contribution in [1.82, 2.24) is 20.0 Å². The zero-order valence-electron chi connectivity index (χ0n) is 13.3. The minimum Gasteiger partial charge on any atom is -0.341 e. The minimum atomic E-state index is -0.878. The average Bonchev–Trinajstić information content (AvgIpc) is 3.15. The average molecular weight is 367 g/mol. The lowest BCUT2D eigenvalue weighted by Crippen LogP contribution is -2.46. The van der Waals surface area contributed by atoms with Crippen molar-refractivity contribution in [2.24, 2.45) is 0 Å². The van der Waals surface area contributed by atoms with E-state index < -0.39 is 6.17 Å². The summed E-state index contributed by atoms with van der Waals surface area (Å²) in [5.74, 6) is 0.553. The summed E-state index contributed by atoms with van der Waals surface area (Å²) in [6.07, 6.45) is 5.42. The highest BCUT2D eigenvalue weighted by Crippen LogP contribution is 2.28. The molecule has 2 aliphatic heterocycles. The number of hydrogen-bond acceptors (Lipinski definition) is 3. The fourth-order valence-electron chi connectivity index (χ4n) is 3.30. The lowest BCUT2D eigenvalue weighted by atomic mass is 9.91. The molecular weight excluding hydrogens is 342 g/mol. The van der Waals surface area contributed by atoms with Crippen molar-refractivity contribution in [1.29, 1.82) is 0 Å². The van der Waals surface area contributed by atoms with Gasteiger partial charge in [0.15, 0.2) is 0 Å². The van der Waals surface area contributed by atoms with E-state index in [0.717, 1.165) is 32.5 Å². The molecule has 2 aliphatic rings. The van der Waals surface area contributed by atoms with E-state index in [-0.39, 0.29) is 36.8 Å². The highest BCUT2D eigenvalue weighted by atomic mass is 35.5. The molecule has 1 amide bonds. The number of nitrogens with zero attached hydrogens (tertiary/aromatic N) is 3. The van der Waals surface area contributed by atoms with Crippen LogP contribution in [-0.4, -0.2) is 52.4 Å². The molecular formula is C15H25Cl2FN4O. The molecule has 0 unspecified atom stereocenters. The predicted octanol–water partition coefficient (Wildman–Crippen LogP) is 2.15. The Balaban J connectivity index is 0.00000132. The predicted molar refractivity (Wildman–Crippen MR) is 92.3 cm³/mol. The first-order chi connectivity index (χ1) is 10.2. The molecule has 132 valence electrons. The molecule has 0 saturated carbocycles. The van der Waals surface area contributed by atoms with Crippen LogP contribution in [0.25, 0.3) is 0 Å². The molecule has 0 aliphatic carbocycles. The lowest BCUT2D eigenvalue weighted by molar-refractivity contribution is -0.134. The van der Waals surface area contributed by atoms with E-state index in [2.05, 4.69) is 23.5 Å². The lowest BCUT2D eigenvalue weighted by Gasteiger charge is -2.33. The van der Waals surface area contributed by atoms with Crippen LogP contribution >= 0.6 is 24.8 Å². The third kappa shape index (κ3) is 4.58. The van der Waals surface area contributed by atoms with Crippen LogP contribution in [0.4, 0.5) is 4.39 Å². The highest BCUT2D eigenvalue weighted by Gasteiger charge is 2.34. The fraction of sp³-hybridized carbons (Fsp3) is 0.733. The van der Waals surface area contributed by atoms with Gasteiger partial charge in [-0.05, 0) is 31.2 Å². The topological polar surface area (TPSA) is 50.2 Å². The molecule has 8 heteroatoms. The largest absolute Gasteiger partial charge is 0.341 e. The summed E-state index contributed by atoms with van der Waals surface area (Å²) in [6.45, 7) is 4.79. The number of rotatable bonds is 3. The van der Waals surface area contributed by atoms with Crippen molar-refractivity contribution in [3.05, 3.63) is 18.0 Å². The van der Waals surface area contributed by atoms with E-state index >= 15 is 0 Å². The molecule has 23 heavy (non-hydrogen) atoms. The monoisotopic (exact) mass is 366 g/mol. The van der Waals surface area contributed by atoms with E-state index in [1.54, 1.807) is 0 Å². The number of likely N-dealkylation sites (tertiary alicyclic amines) is 1. The second-order valence-corrected chi connectivity index (χ2v) is 6.02. The zero-order chi connectivity index (χ0) is 14.8. The Morgan fingerprint density at radius 3 is 2.61 bits per heavy atom. The first-order valence-corrected chi connectivity index (χ1v) is 7.86. The maximum Gasteiger partial charge on any atom is 0.239 e. The van der Waals surface area contributed by atoms with Crippen molar-refractivity contribution in [2.75, 3.05) is 19.6 Å². The number of aromatic nitrogens is 2. The van der Waals surface area contributed by atoms with Gasteiger partial charge in [0, 0.05) is 38.8 Å². The fourth-order valence-corrected chi connectivity index (χ4v) is 3.30. The van der Waals surface area contributed by atoms with E-state index in [1.807, 2.05) is 15.8 Å². The minimum absolute atomic E-state index is 0. The summed E-state index contributed by atoms with van der Waals surface area (Å²) < 4.78 is 15.1. The SMILES string of the molecule is CCn1cc(C2CCN(C(=O)[C@H]3C[C@H](F)CN3)CC2)cn1.Cl.Cl. The Hall–Kier alpha value is -0.850. The standard InChI is InChI=1S/C15H23FN4O.2ClH/c1-2-20-10-12(8-18-20)11-3-5-19(6-4-11)15(21)14-7-13(16)9-17-14;;/h8,10-11,13-14,17H,2-7,9H2,1H3;2*1H/t13-,14+;;/m0../s1. The van der Waals surface area contributed by atoms with Crippen LogP contribution < -0.4 is 5.32 Å². The van der Waals surface area contributed by atoms with Crippen molar-refractivity contribution in [2.45, 2.75) is 50.9 Å². The molecule has 0 spiro atoms. The molecule has 0 radical (unpaired) electrons. The normalized spacial score (nSPS) is 24.9. The number of nitrogens with one attached hydrogen (secondary N) is 1. The van der Waals surface area contributed by atoms with Crippen LogP contribution in [-0.2, 0) is 11.3 Å². The Morgan fingerprint density at radius 1 is 1.39 bits per heavy atom. The molecule has 1 aromatic rings. The number of halogens is 3. The number of carbonyl (C=O) groups is 1. The van der Waals surface area contributed by atoms with Crippen LogP contribution in [0.15, 0.2) is 12.4 Å². The molecule has 0 bridgehead atoms. The third-order valence-electron chi connectivity index (χ3n) is 4.63. The van der Waals surface area contributed by atoms with Crippen LogP contribution in [0.5, 0.6) is 0 Å². The Kier molecular flexibility index (Phi) is 7.77. The third-order valence-corrected chi connectivity index (χ3v) is 4.63. The van der Waals surface area contributed by atoms with Gasteiger partial charge in [-0.1, -0.05) is 0 Å². The van der Waals surface area contributed by atoms with E-state index in [4.69, 9.17) is 0 Å². The summed E-state index contributed by atoms with van der Waals surface area (Å²) in [6, 6.07) is -0.320. The molecule has 0 aromatic carbocycles. The van der Waals surface area contributed by atoms with Gasteiger partial charge in [-0.25, -0.2) is 4.39 Å². The Morgan fingerprint density at radius 2 is 2.09 bits per heavy atom. The van der Waals surface area contributed by atoms with Crippen LogP contribution in [0, 0.1) is 0 Å². The summed E-state index contributed by atoms with van der Waals surface area (Å²) in [5.41, 5.74) is 1.27. The van der Waals surface area contributed by atoms with Gasteiger partial charge in [-0.15, -0.1) is 24.8 Å². The zero-order valence-corrected chi connectivity index (χ0v) is 14.9. The quantitative estimate of drug-likeness (QED) is 0.891. The van der Waals surface area contributed by atoms with E-state index in [1.165, 1.54) is 5.56 Å². The molecule has 3 rings (SSSR count). The molecule has 2 atom stereocenters. The second kappa shape index (κ2) is 8.85. The summed E-state index contributed by atoms with van der Waals surface area (Å²) in [7, 11) is 0. The van der Waals surface area contributed by atoms with Gasteiger partial charge in [-0.2, -0.15) is 5.10 Å². The number of carbonyl (C=O) groups excluding carboxylic acids is 1. The molecule has 5 nitrogen and oxygen atoms in total. The number of aryl methyl sites for hydroxylation is 1. The molecule has 3 heterocycles. The van der Waals surface area contributed by atoms with Gasteiger partial charge in [0.2, 0.25) is 5.91 Å².